The van der Waals surface area contributed by atoms with E-state index in [2.05, 4.69) is 20.2 Å². The van der Waals surface area contributed by atoms with Crippen LogP contribution >= 0.6 is 11.6 Å². The van der Waals surface area contributed by atoms with E-state index in [0.29, 0.717) is 36.5 Å². The van der Waals surface area contributed by atoms with Crippen LogP contribution in [0.1, 0.15) is 56.5 Å². The average molecular weight is 460 g/mol. The van der Waals surface area contributed by atoms with Gasteiger partial charge in [-0.05, 0) is 20.8 Å². The molecule has 1 aliphatic rings. The van der Waals surface area contributed by atoms with Gasteiger partial charge in [0.2, 0.25) is 0 Å². The van der Waals surface area contributed by atoms with Crippen molar-refractivity contribution in [2.75, 3.05) is 26.9 Å². The van der Waals surface area contributed by atoms with Gasteiger partial charge in [-0.3, -0.25) is 0 Å². The second-order valence-electron chi connectivity index (χ2n) is 7.30. The van der Waals surface area contributed by atoms with Crippen molar-refractivity contribution in [3.63, 3.8) is 0 Å². The molecule has 0 aliphatic carbocycles. The molecule has 30 heavy (non-hydrogen) atoms. The first kappa shape index (κ1) is 23.0. The lowest BCUT2D eigenvalue weighted by atomic mass is 10.2. The van der Waals surface area contributed by atoms with E-state index in [4.69, 9.17) is 25.8 Å². The topological polar surface area (TPSA) is 118 Å². The van der Waals surface area contributed by atoms with Crippen LogP contribution in [0.15, 0.2) is 12.4 Å². The number of rotatable bonds is 8. The number of ether oxygens (including phenoxy) is 3. The fourth-order valence-corrected chi connectivity index (χ4v) is 4.86. The quantitative estimate of drug-likeness (QED) is 0.584. The Bertz CT molecular complexity index is 944. The highest BCUT2D eigenvalue weighted by Crippen LogP contribution is 2.28. The van der Waals surface area contributed by atoms with Crippen LogP contribution in [0.5, 0.6) is 0 Å². The number of hydrogen-bond acceptors (Lipinski definition) is 9. The number of nitrogens with zero attached hydrogens (tertiary/aromatic N) is 5. The SMILES string of the molecule is CO[C@H](c1ncc(Cl)cn1)[C@H](C)S(=O)(=O)Cc1nnc([C@H]2COCCO2)n1C(C)C. The normalized spacial score (nSPS) is 19.7. The van der Waals surface area contributed by atoms with Crippen LogP contribution in [-0.4, -0.2) is 65.3 Å². The van der Waals surface area contributed by atoms with E-state index in [1.807, 2.05) is 13.8 Å². The summed E-state index contributed by atoms with van der Waals surface area (Å²) in [7, 11) is -2.27. The molecule has 1 fully saturated rings. The summed E-state index contributed by atoms with van der Waals surface area (Å²) in [4.78, 5) is 8.21. The second-order valence-corrected chi connectivity index (χ2v) is 10.1. The van der Waals surface area contributed by atoms with Gasteiger partial charge in [0.15, 0.2) is 21.5 Å². The van der Waals surface area contributed by atoms with Crippen molar-refractivity contribution in [2.24, 2.45) is 0 Å². The number of aromatic nitrogens is 5. The summed E-state index contributed by atoms with van der Waals surface area (Å²) in [5, 5.41) is 7.81. The molecule has 1 saturated heterocycles. The first-order chi connectivity index (χ1) is 14.2. The summed E-state index contributed by atoms with van der Waals surface area (Å²) >= 11 is 5.83. The Morgan fingerprint density at radius 2 is 1.93 bits per heavy atom. The third kappa shape index (κ3) is 4.97. The number of halogens is 1. The van der Waals surface area contributed by atoms with Crippen LogP contribution in [0.3, 0.4) is 0 Å². The van der Waals surface area contributed by atoms with Gasteiger partial charge in [-0.25, -0.2) is 18.4 Å². The van der Waals surface area contributed by atoms with Gasteiger partial charge in [-0.15, -0.1) is 10.2 Å². The lowest BCUT2D eigenvalue weighted by Crippen LogP contribution is -2.30. The summed E-state index contributed by atoms with van der Waals surface area (Å²) in [6.45, 7) is 6.78. The van der Waals surface area contributed by atoms with Crippen molar-refractivity contribution in [1.29, 1.82) is 0 Å². The molecular formula is C18H26ClN5O5S. The molecule has 10 nitrogen and oxygen atoms in total. The molecule has 1 aliphatic heterocycles. The molecule has 12 heteroatoms. The highest BCUT2D eigenvalue weighted by Gasteiger charge is 2.35. The largest absolute Gasteiger partial charge is 0.376 e. The fraction of sp³-hybridized carbons (Fsp3) is 0.667. The molecule has 0 N–H and O–H groups in total. The van der Waals surface area contributed by atoms with Crippen molar-refractivity contribution in [2.45, 2.75) is 50.0 Å². The zero-order valence-electron chi connectivity index (χ0n) is 17.4. The molecule has 0 spiro atoms. The Balaban J connectivity index is 1.86. The van der Waals surface area contributed by atoms with Gasteiger partial charge < -0.3 is 18.8 Å². The van der Waals surface area contributed by atoms with Crippen molar-refractivity contribution >= 4 is 21.4 Å². The third-order valence-electron chi connectivity index (χ3n) is 4.88. The minimum Gasteiger partial charge on any atom is -0.376 e. The van der Waals surface area contributed by atoms with Crippen LogP contribution in [0.25, 0.3) is 0 Å². The molecule has 3 heterocycles. The molecule has 3 atom stereocenters. The van der Waals surface area contributed by atoms with E-state index in [0.717, 1.165) is 0 Å². The number of sulfone groups is 1. The Morgan fingerprint density at radius 1 is 1.23 bits per heavy atom. The maximum absolute atomic E-state index is 13.2. The zero-order valence-corrected chi connectivity index (χ0v) is 18.9. The van der Waals surface area contributed by atoms with Crippen LogP contribution in [0.4, 0.5) is 0 Å². The Morgan fingerprint density at radius 3 is 2.50 bits per heavy atom. The fourth-order valence-electron chi connectivity index (χ4n) is 3.33. The minimum atomic E-state index is -3.69. The Labute approximate surface area is 180 Å². The van der Waals surface area contributed by atoms with Gasteiger partial charge in [0.25, 0.3) is 0 Å². The first-order valence-electron chi connectivity index (χ1n) is 9.59. The van der Waals surface area contributed by atoms with Gasteiger partial charge in [0.1, 0.15) is 23.8 Å². The number of hydrogen-bond donors (Lipinski definition) is 0. The minimum absolute atomic E-state index is 0.0566. The molecule has 0 unspecified atom stereocenters. The predicted octanol–water partition coefficient (Wildman–Crippen LogP) is 2.08. The summed E-state index contributed by atoms with van der Waals surface area (Å²) in [6, 6.07) is -0.0566. The molecule has 0 aromatic carbocycles. The van der Waals surface area contributed by atoms with Gasteiger partial charge in [0, 0.05) is 25.5 Å². The summed E-state index contributed by atoms with van der Waals surface area (Å²) in [5.74, 6) is 0.844. The molecular weight excluding hydrogens is 434 g/mol. The molecule has 2 aromatic rings. The van der Waals surface area contributed by atoms with Crippen LogP contribution in [0, 0.1) is 0 Å². The van der Waals surface area contributed by atoms with Crippen LogP contribution in [-0.2, 0) is 29.8 Å². The summed E-state index contributed by atoms with van der Waals surface area (Å²) < 4.78 is 44.8. The molecule has 0 radical (unpaired) electrons. The first-order valence-corrected chi connectivity index (χ1v) is 11.7. The highest BCUT2D eigenvalue weighted by molar-refractivity contribution is 7.91. The van der Waals surface area contributed by atoms with Gasteiger partial charge in [0.05, 0.1) is 30.1 Å². The highest BCUT2D eigenvalue weighted by atomic mass is 35.5. The van der Waals surface area contributed by atoms with Crippen molar-refractivity contribution in [1.82, 2.24) is 24.7 Å². The Kier molecular flexibility index (Phi) is 7.40. The standard InChI is InChI=1S/C18H26ClN5O5S/c1-11(2)24-15(22-23-18(24)14-9-28-5-6-29-14)10-30(25,26)12(3)16(27-4)17-20-7-13(19)8-21-17/h7-8,11-12,14,16H,5-6,9-10H2,1-4H3/t12-,14+,16-/m0/s1. The van der Waals surface area contributed by atoms with E-state index in [1.54, 1.807) is 11.5 Å². The third-order valence-corrected chi connectivity index (χ3v) is 7.12. The smallest absolute Gasteiger partial charge is 0.164 e. The van der Waals surface area contributed by atoms with Gasteiger partial charge in [-0.1, -0.05) is 11.6 Å². The van der Waals surface area contributed by atoms with Crippen LogP contribution in [0.2, 0.25) is 5.02 Å². The van der Waals surface area contributed by atoms with E-state index >= 15 is 0 Å². The van der Waals surface area contributed by atoms with E-state index in [-0.39, 0.29) is 23.7 Å². The molecule has 3 rings (SSSR count). The average Bonchev–Trinajstić information content (AvgIpc) is 3.13. The zero-order chi connectivity index (χ0) is 21.9. The van der Waals surface area contributed by atoms with Gasteiger partial charge in [-0.2, -0.15) is 0 Å². The van der Waals surface area contributed by atoms with Crippen molar-refractivity contribution in [3.05, 3.63) is 34.9 Å². The van der Waals surface area contributed by atoms with Gasteiger partial charge >= 0.3 is 0 Å². The van der Waals surface area contributed by atoms with Crippen molar-refractivity contribution < 1.29 is 22.6 Å². The maximum atomic E-state index is 13.2. The van der Waals surface area contributed by atoms with E-state index < -0.39 is 21.2 Å². The number of methoxy groups -OCH3 is 1. The van der Waals surface area contributed by atoms with E-state index in [9.17, 15) is 8.42 Å². The second kappa shape index (κ2) is 9.65. The predicted molar refractivity (Wildman–Crippen MR) is 109 cm³/mol. The maximum Gasteiger partial charge on any atom is 0.164 e. The monoisotopic (exact) mass is 459 g/mol. The molecule has 0 saturated carbocycles. The molecule has 2 aromatic heterocycles. The van der Waals surface area contributed by atoms with Crippen LogP contribution < -0.4 is 0 Å². The lowest BCUT2D eigenvalue weighted by Gasteiger charge is -2.25. The molecule has 166 valence electrons. The Hall–Kier alpha value is -1.66. The molecule has 0 bridgehead atoms. The lowest BCUT2D eigenvalue weighted by molar-refractivity contribution is -0.0950. The summed E-state index contributed by atoms with van der Waals surface area (Å²) in [5.41, 5.74) is 0. The van der Waals surface area contributed by atoms with Crippen molar-refractivity contribution in [3.8, 4) is 0 Å². The molecule has 0 amide bonds. The van der Waals surface area contributed by atoms with E-state index in [1.165, 1.54) is 19.5 Å². The summed E-state index contributed by atoms with van der Waals surface area (Å²) in [6.07, 6.45) is 1.58.